The Morgan fingerprint density at radius 2 is 2.11 bits per heavy atom. The summed E-state index contributed by atoms with van der Waals surface area (Å²) in [6, 6.07) is -0.801. The molecule has 1 unspecified atom stereocenters. The number of amides is 5. The Labute approximate surface area is 103 Å². The summed E-state index contributed by atoms with van der Waals surface area (Å²) in [6.45, 7) is 1.51. The second-order valence-electron chi connectivity index (χ2n) is 3.79. The molecule has 0 aromatic rings. The third-order valence-electron chi connectivity index (χ3n) is 2.49. The Bertz CT molecular complexity index is 382. The molecule has 0 aliphatic carbocycles. The molecule has 1 fully saturated rings. The van der Waals surface area contributed by atoms with E-state index in [1.165, 1.54) is 0 Å². The molecule has 1 atom stereocenters. The molecule has 1 saturated heterocycles. The molecule has 5 amide bonds. The Kier molecular flexibility index (Phi) is 4.64. The van der Waals surface area contributed by atoms with Gasteiger partial charge in [0.1, 0.15) is 12.5 Å². The SMILES string of the molecule is CCCC1C(=O)NC(=O)N(CCOC(N)=O)C1=O. The molecule has 1 rings (SSSR count). The summed E-state index contributed by atoms with van der Waals surface area (Å²) in [7, 11) is 0. The van der Waals surface area contributed by atoms with Crippen LogP contribution >= 0.6 is 0 Å². The average Bonchev–Trinajstić information content (AvgIpc) is 2.28. The van der Waals surface area contributed by atoms with Gasteiger partial charge in [-0.3, -0.25) is 19.8 Å². The highest BCUT2D eigenvalue weighted by molar-refractivity contribution is 6.16. The van der Waals surface area contributed by atoms with E-state index in [0.717, 1.165) is 4.90 Å². The maximum absolute atomic E-state index is 11.9. The molecule has 0 spiro atoms. The number of carbonyl (C=O) groups excluding carboxylic acids is 4. The quantitative estimate of drug-likeness (QED) is 0.648. The van der Waals surface area contributed by atoms with E-state index < -0.39 is 29.9 Å². The zero-order chi connectivity index (χ0) is 13.7. The van der Waals surface area contributed by atoms with Crippen molar-refractivity contribution >= 4 is 23.9 Å². The van der Waals surface area contributed by atoms with Crippen molar-refractivity contribution in [1.29, 1.82) is 0 Å². The number of nitrogens with one attached hydrogen (secondary N) is 1. The fraction of sp³-hybridized carbons (Fsp3) is 0.600. The number of imide groups is 2. The average molecular weight is 257 g/mol. The van der Waals surface area contributed by atoms with E-state index in [1.54, 1.807) is 0 Å². The summed E-state index contributed by atoms with van der Waals surface area (Å²) in [5.41, 5.74) is 4.76. The minimum Gasteiger partial charge on any atom is -0.448 e. The molecule has 8 nitrogen and oxygen atoms in total. The fourth-order valence-corrected chi connectivity index (χ4v) is 1.65. The Balaban J connectivity index is 2.65. The van der Waals surface area contributed by atoms with Crippen molar-refractivity contribution in [2.24, 2.45) is 11.7 Å². The highest BCUT2D eigenvalue weighted by Gasteiger charge is 2.39. The van der Waals surface area contributed by atoms with E-state index in [4.69, 9.17) is 5.73 Å². The van der Waals surface area contributed by atoms with E-state index in [-0.39, 0.29) is 13.2 Å². The normalized spacial score (nSPS) is 19.7. The van der Waals surface area contributed by atoms with Gasteiger partial charge in [0, 0.05) is 0 Å². The number of hydrogen-bond acceptors (Lipinski definition) is 5. The Hall–Kier alpha value is -2.12. The molecule has 18 heavy (non-hydrogen) atoms. The monoisotopic (exact) mass is 257 g/mol. The van der Waals surface area contributed by atoms with Crippen LogP contribution in [0.5, 0.6) is 0 Å². The molecule has 8 heteroatoms. The van der Waals surface area contributed by atoms with Gasteiger partial charge in [-0.05, 0) is 6.42 Å². The number of hydrogen-bond donors (Lipinski definition) is 2. The predicted molar refractivity (Wildman–Crippen MR) is 59.2 cm³/mol. The van der Waals surface area contributed by atoms with Crippen LogP contribution in [0.4, 0.5) is 9.59 Å². The summed E-state index contributed by atoms with van der Waals surface area (Å²) in [4.78, 5) is 46.0. The lowest BCUT2D eigenvalue weighted by molar-refractivity contribution is -0.143. The topological polar surface area (TPSA) is 119 Å². The van der Waals surface area contributed by atoms with Crippen LogP contribution in [-0.4, -0.2) is 42.0 Å². The van der Waals surface area contributed by atoms with Crippen molar-refractivity contribution in [2.75, 3.05) is 13.2 Å². The van der Waals surface area contributed by atoms with Crippen LogP contribution in [0.3, 0.4) is 0 Å². The minimum absolute atomic E-state index is 0.124. The number of urea groups is 1. The van der Waals surface area contributed by atoms with Gasteiger partial charge in [-0.1, -0.05) is 13.3 Å². The van der Waals surface area contributed by atoms with Gasteiger partial charge in [0.05, 0.1) is 6.54 Å². The van der Waals surface area contributed by atoms with Crippen molar-refractivity contribution in [3.8, 4) is 0 Å². The fourth-order valence-electron chi connectivity index (χ4n) is 1.65. The van der Waals surface area contributed by atoms with Crippen LogP contribution in [0, 0.1) is 5.92 Å². The maximum Gasteiger partial charge on any atom is 0.404 e. The van der Waals surface area contributed by atoms with E-state index in [0.29, 0.717) is 12.8 Å². The van der Waals surface area contributed by atoms with Gasteiger partial charge in [0.15, 0.2) is 0 Å². The van der Waals surface area contributed by atoms with Gasteiger partial charge in [-0.15, -0.1) is 0 Å². The smallest absolute Gasteiger partial charge is 0.404 e. The van der Waals surface area contributed by atoms with Gasteiger partial charge in [-0.25, -0.2) is 9.59 Å². The van der Waals surface area contributed by atoms with Crippen LogP contribution in [0.1, 0.15) is 19.8 Å². The van der Waals surface area contributed by atoms with E-state index >= 15 is 0 Å². The molecule has 1 heterocycles. The van der Waals surface area contributed by atoms with Gasteiger partial charge in [-0.2, -0.15) is 0 Å². The first-order chi connectivity index (χ1) is 8.47. The van der Waals surface area contributed by atoms with Crippen molar-refractivity contribution in [1.82, 2.24) is 10.2 Å². The number of carbonyl (C=O) groups is 4. The number of primary amides is 1. The number of barbiturate groups is 1. The van der Waals surface area contributed by atoms with E-state index in [1.807, 2.05) is 6.92 Å². The van der Waals surface area contributed by atoms with E-state index in [9.17, 15) is 19.2 Å². The molecular formula is C10H15N3O5. The second-order valence-corrected chi connectivity index (χ2v) is 3.79. The van der Waals surface area contributed by atoms with E-state index in [2.05, 4.69) is 10.1 Å². The summed E-state index contributed by atoms with van der Waals surface area (Å²) in [6.07, 6.45) is 0.0236. The molecule has 0 aromatic heterocycles. The largest absolute Gasteiger partial charge is 0.448 e. The van der Waals surface area contributed by atoms with Gasteiger partial charge in [0.25, 0.3) is 0 Å². The van der Waals surface area contributed by atoms with Crippen LogP contribution in [0.2, 0.25) is 0 Å². The van der Waals surface area contributed by atoms with Crippen molar-refractivity contribution in [2.45, 2.75) is 19.8 Å². The number of rotatable bonds is 5. The number of ether oxygens (including phenoxy) is 1. The lowest BCUT2D eigenvalue weighted by Crippen LogP contribution is -2.58. The first-order valence-electron chi connectivity index (χ1n) is 5.55. The first kappa shape index (κ1) is 13.9. The van der Waals surface area contributed by atoms with Crippen molar-refractivity contribution in [3.05, 3.63) is 0 Å². The number of nitrogens with zero attached hydrogens (tertiary/aromatic N) is 1. The van der Waals surface area contributed by atoms with Gasteiger partial charge < -0.3 is 10.5 Å². The molecule has 100 valence electrons. The lowest BCUT2D eigenvalue weighted by Gasteiger charge is -2.29. The highest BCUT2D eigenvalue weighted by atomic mass is 16.5. The second kappa shape index (κ2) is 5.99. The van der Waals surface area contributed by atoms with Crippen LogP contribution in [-0.2, 0) is 14.3 Å². The third-order valence-corrected chi connectivity index (χ3v) is 2.49. The van der Waals surface area contributed by atoms with Crippen LogP contribution in [0.25, 0.3) is 0 Å². The Morgan fingerprint density at radius 3 is 2.67 bits per heavy atom. The molecule has 0 saturated carbocycles. The van der Waals surface area contributed by atoms with Crippen molar-refractivity contribution < 1.29 is 23.9 Å². The summed E-state index contributed by atoms with van der Waals surface area (Å²) in [5.74, 6) is -2.01. The highest BCUT2D eigenvalue weighted by Crippen LogP contribution is 2.15. The molecule has 3 N–H and O–H groups in total. The third kappa shape index (κ3) is 3.19. The molecule has 0 bridgehead atoms. The summed E-state index contributed by atoms with van der Waals surface area (Å²) < 4.78 is 4.44. The van der Waals surface area contributed by atoms with Gasteiger partial charge in [0.2, 0.25) is 11.8 Å². The molecule has 1 aliphatic rings. The number of nitrogens with two attached hydrogens (primary N) is 1. The zero-order valence-corrected chi connectivity index (χ0v) is 9.97. The Morgan fingerprint density at radius 1 is 1.44 bits per heavy atom. The predicted octanol–water partition coefficient (Wildman–Crippen LogP) is -0.424. The molecular weight excluding hydrogens is 242 g/mol. The zero-order valence-electron chi connectivity index (χ0n) is 9.97. The van der Waals surface area contributed by atoms with Crippen LogP contribution in [0.15, 0.2) is 0 Å². The molecule has 0 radical (unpaired) electrons. The maximum atomic E-state index is 11.9. The molecule has 1 aliphatic heterocycles. The van der Waals surface area contributed by atoms with Crippen molar-refractivity contribution in [3.63, 3.8) is 0 Å². The molecule has 0 aromatic carbocycles. The van der Waals surface area contributed by atoms with Crippen LogP contribution < -0.4 is 11.1 Å². The standard InChI is InChI=1S/C10H15N3O5/c1-2-3-6-7(14)12-10(17)13(8(6)15)4-5-18-9(11)16/h6H,2-5H2,1H3,(H2,11,16)(H,12,14,17). The van der Waals surface area contributed by atoms with Gasteiger partial charge >= 0.3 is 12.1 Å². The summed E-state index contributed by atoms with van der Waals surface area (Å²) in [5, 5.41) is 2.09. The summed E-state index contributed by atoms with van der Waals surface area (Å²) >= 11 is 0. The first-order valence-corrected chi connectivity index (χ1v) is 5.55. The lowest BCUT2D eigenvalue weighted by atomic mass is 9.99. The minimum atomic E-state index is -0.985.